The molecule has 200 valence electrons. The average molecular weight is 514 g/mol. The molecule has 0 saturated heterocycles. The number of Topliss-reactive ketones (excluding diaryl/α,β-unsaturated/α-hetero) is 1. The van der Waals surface area contributed by atoms with Crippen LogP contribution in [0.15, 0.2) is 36.5 Å². The first kappa shape index (κ1) is 28.4. The fourth-order valence-electron chi connectivity index (χ4n) is 4.88. The number of carbonyl (C=O) groups is 2. The van der Waals surface area contributed by atoms with Crippen LogP contribution in [-0.4, -0.2) is 48.6 Å². The van der Waals surface area contributed by atoms with E-state index in [0.717, 1.165) is 38.3 Å². The topological polar surface area (TPSA) is 98.2 Å². The van der Waals surface area contributed by atoms with Crippen LogP contribution in [0, 0.1) is 23.0 Å². The number of benzene rings is 1. The number of hydrogen-bond acceptors (Lipinski definition) is 6. The molecule has 1 fully saturated rings. The van der Waals surface area contributed by atoms with Crippen LogP contribution in [0.3, 0.4) is 0 Å². The van der Waals surface area contributed by atoms with Crippen LogP contribution in [0.5, 0.6) is 0 Å². The van der Waals surface area contributed by atoms with Crippen LogP contribution in [0.25, 0.3) is 0 Å². The van der Waals surface area contributed by atoms with Crippen molar-refractivity contribution in [2.45, 2.75) is 70.4 Å². The molecule has 1 aliphatic rings. The summed E-state index contributed by atoms with van der Waals surface area (Å²) in [5.41, 5.74) is 0.623. The summed E-state index contributed by atoms with van der Waals surface area (Å²) < 4.78 is 28.4. The van der Waals surface area contributed by atoms with Gasteiger partial charge in [-0.05, 0) is 69.5 Å². The van der Waals surface area contributed by atoms with Crippen LogP contribution in [0.1, 0.15) is 63.9 Å². The van der Waals surface area contributed by atoms with Crippen LogP contribution < -0.4 is 15.5 Å². The summed E-state index contributed by atoms with van der Waals surface area (Å²) in [5.74, 6) is -2.21. The molecule has 1 heterocycles. The van der Waals surface area contributed by atoms with E-state index in [2.05, 4.69) is 15.6 Å². The van der Waals surface area contributed by atoms with Gasteiger partial charge >= 0.3 is 0 Å². The highest BCUT2D eigenvalue weighted by Crippen LogP contribution is 2.32. The zero-order valence-electron chi connectivity index (χ0n) is 22.0. The van der Waals surface area contributed by atoms with Gasteiger partial charge in [-0.1, -0.05) is 26.2 Å². The van der Waals surface area contributed by atoms with E-state index < -0.39 is 29.6 Å². The van der Waals surface area contributed by atoms with E-state index in [0.29, 0.717) is 17.9 Å². The third-order valence-electron chi connectivity index (χ3n) is 7.35. The highest BCUT2D eigenvalue weighted by atomic mass is 19.1. The van der Waals surface area contributed by atoms with Gasteiger partial charge in [-0.15, -0.1) is 0 Å². The molecule has 0 unspecified atom stereocenters. The Labute approximate surface area is 217 Å². The van der Waals surface area contributed by atoms with Gasteiger partial charge in [0.25, 0.3) is 0 Å². The van der Waals surface area contributed by atoms with Gasteiger partial charge in [-0.25, -0.2) is 13.8 Å². The van der Waals surface area contributed by atoms with Crippen LogP contribution in [0.2, 0.25) is 0 Å². The first-order valence-corrected chi connectivity index (χ1v) is 12.9. The normalized spacial score (nSPS) is 16.5. The number of anilines is 2. The summed E-state index contributed by atoms with van der Waals surface area (Å²) in [5, 5.41) is 14.6. The number of aromatic nitrogens is 1. The minimum atomic E-state index is -0.823. The summed E-state index contributed by atoms with van der Waals surface area (Å²) in [6.07, 6.45) is 6.02. The number of amides is 1. The molecule has 0 aliphatic heterocycles. The number of nitrogens with zero attached hydrogens (tertiary/aromatic N) is 2. The van der Waals surface area contributed by atoms with Crippen molar-refractivity contribution in [3.63, 3.8) is 0 Å². The Balaban J connectivity index is 1.90. The Hall–Kier alpha value is -3.20. The second kappa shape index (κ2) is 12.9. The Morgan fingerprint density at radius 2 is 1.81 bits per heavy atom. The lowest BCUT2D eigenvalue weighted by Crippen LogP contribution is -2.53. The van der Waals surface area contributed by atoms with Gasteiger partial charge in [-0.3, -0.25) is 9.59 Å². The van der Waals surface area contributed by atoms with Crippen molar-refractivity contribution >= 4 is 28.9 Å². The summed E-state index contributed by atoms with van der Waals surface area (Å²) in [6, 6.07) is 6.06. The molecule has 3 N–H and O–H groups in total. The summed E-state index contributed by atoms with van der Waals surface area (Å²) in [7, 11) is 3.40. The smallest absolute Gasteiger partial charge is 0.237 e. The predicted molar refractivity (Wildman–Crippen MR) is 141 cm³/mol. The van der Waals surface area contributed by atoms with Crippen LogP contribution in [0.4, 0.5) is 20.3 Å². The van der Waals surface area contributed by atoms with Gasteiger partial charge in [0.05, 0.1) is 24.0 Å². The van der Waals surface area contributed by atoms with E-state index >= 15 is 4.39 Å². The molecule has 0 radical (unpaired) electrons. The molecular weight excluding hydrogens is 476 g/mol. The van der Waals surface area contributed by atoms with E-state index in [1.54, 1.807) is 45.0 Å². The maximum Gasteiger partial charge on any atom is 0.237 e. The second-order valence-corrected chi connectivity index (χ2v) is 9.73. The van der Waals surface area contributed by atoms with Crippen LogP contribution in [-0.2, 0) is 9.59 Å². The number of nitrogens with one attached hydrogen (secondary N) is 3. The minimum absolute atomic E-state index is 0.0606. The van der Waals surface area contributed by atoms with E-state index in [-0.39, 0.29) is 28.9 Å². The Morgan fingerprint density at radius 1 is 1.16 bits per heavy atom. The largest absolute Gasteiger partial charge is 0.344 e. The van der Waals surface area contributed by atoms with Crippen molar-refractivity contribution < 1.29 is 18.4 Å². The number of pyridine rings is 1. The van der Waals surface area contributed by atoms with E-state index in [9.17, 15) is 14.0 Å². The lowest BCUT2D eigenvalue weighted by Gasteiger charge is -2.32. The quantitative estimate of drug-likeness (QED) is 0.372. The number of carbonyl (C=O) groups excluding carboxylic acids is 2. The second-order valence-electron chi connectivity index (χ2n) is 9.73. The maximum absolute atomic E-state index is 15.1. The first-order valence-electron chi connectivity index (χ1n) is 12.9. The number of ketones is 1. The van der Waals surface area contributed by atoms with E-state index in [4.69, 9.17) is 5.41 Å². The molecular formula is C28H37F2N5O2. The molecule has 7 nitrogen and oxygen atoms in total. The number of likely N-dealkylation sites (N-methyl/N-ethyl adjacent to an activating group) is 1. The van der Waals surface area contributed by atoms with Crippen molar-refractivity contribution in [1.29, 1.82) is 5.41 Å². The highest BCUT2D eigenvalue weighted by Gasteiger charge is 2.36. The van der Waals surface area contributed by atoms with Crippen molar-refractivity contribution in [2.24, 2.45) is 5.92 Å². The third kappa shape index (κ3) is 6.77. The van der Waals surface area contributed by atoms with Gasteiger partial charge in [0, 0.05) is 24.2 Å². The lowest BCUT2D eigenvalue weighted by molar-refractivity contribution is -0.127. The van der Waals surface area contributed by atoms with Crippen molar-refractivity contribution in [2.75, 3.05) is 19.0 Å². The fourth-order valence-corrected chi connectivity index (χ4v) is 4.88. The number of halogens is 2. The third-order valence-corrected chi connectivity index (χ3v) is 7.35. The average Bonchev–Trinajstić information content (AvgIpc) is 2.92. The Morgan fingerprint density at radius 3 is 2.41 bits per heavy atom. The summed E-state index contributed by atoms with van der Waals surface area (Å²) >= 11 is 0. The Kier molecular flexibility index (Phi) is 9.86. The first-order chi connectivity index (χ1) is 17.7. The van der Waals surface area contributed by atoms with Gasteiger partial charge < -0.3 is 20.9 Å². The zero-order valence-corrected chi connectivity index (χ0v) is 22.0. The monoisotopic (exact) mass is 513 g/mol. The highest BCUT2D eigenvalue weighted by molar-refractivity contribution is 6.42. The Bertz CT molecular complexity index is 1100. The molecule has 1 aliphatic carbocycles. The molecule has 3 atom stereocenters. The van der Waals surface area contributed by atoms with Crippen molar-refractivity contribution in [1.82, 2.24) is 15.6 Å². The molecule has 0 bridgehead atoms. The molecule has 2 aromatic rings. The minimum Gasteiger partial charge on any atom is -0.344 e. The standard InChI is InChI=1S/C28H37F2N5O2/c1-5-21(22-15-24(33-16-23(22)30)35(4)20-13-11-19(29)12-14-20)25(31)27(36)26(18-9-7-6-8-10-18)34-28(37)17(2)32-3/h11-18,21,26,31-32H,5-10H2,1-4H3,(H,34,37)/t17-,21-,26-/m0/s1. The van der Waals surface area contributed by atoms with Gasteiger partial charge in [-0.2, -0.15) is 0 Å². The van der Waals surface area contributed by atoms with E-state index in [1.807, 2.05) is 0 Å². The molecule has 9 heteroatoms. The molecule has 1 aromatic carbocycles. The lowest BCUT2D eigenvalue weighted by atomic mass is 9.78. The van der Waals surface area contributed by atoms with Crippen LogP contribution >= 0.6 is 0 Å². The molecule has 1 amide bonds. The molecule has 1 aromatic heterocycles. The molecule has 37 heavy (non-hydrogen) atoms. The molecule has 1 saturated carbocycles. The van der Waals surface area contributed by atoms with Crippen molar-refractivity contribution in [3.8, 4) is 0 Å². The van der Waals surface area contributed by atoms with Gasteiger partial charge in [0.2, 0.25) is 5.91 Å². The van der Waals surface area contributed by atoms with E-state index in [1.165, 1.54) is 18.2 Å². The molecule has 0 spiro atoms. The van der Waals surface area contributed by atoms with Gasteiger partial charge in [0.15, 0.2) is 5.78 Å². The van der Waals surface area contributed by atoms with Crippen molar-refractivity contribution in [3.05, 3.63) is 53.7 Å². The predicted octanol–water partition coefficient (Wildman–Crippen LogP) is 4.88. The number of rotatable bonds is 11. The zero-order chi connectivity index (χ0) is 27.1. The SMILES string of the molecule is CC[C@H](C(=N)C(=O)[C@@H](NC(=O)[C@H](C)NC)C1CCCCC1)c1cc(N(C)c2ccc(F)cc2)ncc1F. The summed E-state index contributed by atoms with van der Waals surface area (Å²) in [6.45, 7) is 3.51. The molecule has 3 rings (SSSR count). The van der Waals surface area contributed by atoms with Gasteiger partial charge in [0.1, 0.15) is 17.5 Å². The number of hydrogen-bond donors (Lipinski definition) is 3. The fraction of sp³-hybridized carbons (Fsp3) is 0.500. The summed E-state index contributed by atoms with van der Waals surface area (Å²) in [4.78, 5) is 32.3. The maximum atomic E-state index is 15.1.